The van der Waals surface area contributed by atoms with Gasteiger partial charge < -0.3 is 0 Å². The monoisotopic (exact) mass is 281 g/mol. The maximum Gasteiger partial charge on any atom is 0.144 e. The van der Waals surface area contributed by atoms with Crippen molar-refractivity contribution in [3.05, 3.63) is 22.7 Å². The average molecular weight is 282 g/mol. The molecule has 0 bridgehead atoms. The molecule has 0 aromatic carbocycles. The Kier molecular flexibility index (Phi) is 5.17. The lowest BCUT2D eigenvalue weighted by Gasteiger charge is -2.20. The van der Waals surface area contributed by atoms with Crippen molar-refractivity contribution in [2.45, 2.75) is 46.6 Å². The van der Waals surface area contributed by atoms with E-state index in [2.05, 4.69) is 28.7 Å². The van der Waals surface area contributed by atoms with Gasteiger partial charge in [-0.05, 0) is 57.2 Å². The van der Waals surface area contributed by atoms with E-state index in [1.54, 1.807) is 0 Å². The second-order valence-electron chi connectivity index (χ2n) is 5.96. The summed E-state index contributed by atoms with van der Waals surface area (Å²) in [7, 11) is 0. The average Bonchev–Trinajstić information content (AvgIpc) is 2.53. The van der Waals surface area contributed by atoms with Gasteiger partial charge in [0.05, 0.1) is 6.54 Å². The number of likely N-dealkylation sites (tertiary alicyclic amines) is 1. The lowest BCUT2D eigenvalue weighted by Crippen LogP contribution is -2.25. The summed E-state index contributed by atoms with van der Waals surface area (Å²) in [4.78, 5) is 11.3. The van der Waals surface area contributed by atoms with E-state index in [4.69, 9.17) is 11.6 Å². The lowest BCUT2D eigenvalue weighted by molar-refractivity contribution is 0.259. The Morgan fingerprint density at radius 2 is 2.11 bits per heavy atom. The lowest BCUT2D eigenvalue weighted by atomic mass is 9.89. The summed E-state index contributed by atoms with van der Waals surface area (Å²) >= 11 is 6.00. The van der Waals surface area contributed by atoms with Crippen molar-refractivity contribution in [1.29, 1.82) is 0 Å². The van der Waals surface area contributed by atoms with Crippen molar-refractivity contribution >= 4 is 11.6 Å². The van der Waals surface area contributed by atoms with Gasteiger partial charge in [0.15, 0.2) is 0 Å². The zero-order valence-electron chi connectivity index (χ0n) is 12.2. The summed E-state index contributed by atoms with van der Waals surface area (Å²) in [5.41, 5.74) is 0.949. The Morgan fingerprint density at radius 1 is 1.32 bits per heavy atom. The largest absolute Gasteiger partial charge is 0.296 e. The molecule has 1 aliphatic heterocycles. The van der Waals surface area contributed by atoms with Gasteiger partial charge >= 0.3 is 0 Å². The van der Waals surface area contributed by atoms with Gasteiger partial charge in [0, 0.05) is 5.69 Å². The third-order valence-electron chi connectivity index (χ3n) is 4.04. The van der Waals surface area contributed by atoms with Crippen molar-refractivity contribution in [2.24, 2.45) is 11.8 Å². The van der Waals surface area contributed by atoms with Crippen LogP contribution < -0.4 is 0 Å². The Labute approximate surface area is 121 Å². The second-order valence-corrected chi connectivity index (χ2v) is 6.35. The first-order valence-electron chi connectivity index (χ1n) is 7.27. The summed E-state index contributed by atoms with van der Waals surface area (Å²) < 4.78 is 0. The number of hydrogen-bond donors (Lipinski definition) is 0. The molecule has 0 amide bonds. The van der Waals surface area contributed by atoms with Crippen LogP contribution in [0.25, 0.3) is 0 Å². The third-order valence-corrected chi connectivity index (χ3v) is 4.24. The minimum absolute atomic E-state index is 0.553. The van der Waals surface area contributed by atoms with Gasteiger partial charge in [-0.3, -0.25) is 4.90 Å². The topological polar surface area (TPSA) is 29.0 Å². The molecular formula is C15H24ClN3. The second kappa shape index (κ2) is 6.67. The molecule has 1 unspecified atom stereocenters. The molecule has 0 radical (unpaired) electrons. The fourth-order valence-electron chi connectivity index (χ4n) is 2.87. The fourth-order valence-corrected chi connectivity index (χ4v) is 3.12. The number of aromatic nitrogens is 2. The predicted octanol–water partition coefficient (Wildman–Crippen LogP) is 3.70. The highest BCUT2D eigenvalue weighted by atomic mass is 35.5. The first-order valence-corrected chi connectivity index (χ1v) is 7.65. The van der Waals surface area contributed by atoms with E-state index in [1.807, 2.05) is 13.0 Å². The molecular weight excluding hydrogens is 258 g/mol. The van der Waals surface area contributed by atoms with Crippen molar-refractivity contribution < 1.29 is 0 Å². The van der Waals surface area contributed by atoms with Crippen LogP contribution in [0.5, 0.6) is 0 Å². The molecule has 0 aliphatic carbocycles. The number of aryl methyl sites for hydroxylation is 1. The Morgan fingerprint density at radius 3 is 2.79 bits per heavy atom. The molecule has 1 saturated heterocycles. The molecule has 1 fully saturated rings. The summed E-state index contributed by atoms with van der Waals surface area (Å²) in [5, 5.41) is 0.553. The predicted molar refractivity (Wildman–Crippen MR) is 79.2 cm³/mol. The Bertz CT molecular complexity index is 400. The molecule has 19 heavy (non-hydrogen) atoms. The molecule has 1 aliphatic rings. The maximum absolute atomic E-state index is 6.00. The molecule has 4 heteroatoms. The zero-order valence-corrected chi connectivity index (χ0v) is 13.0. The van der Waals surface area contributed by atoms with Gasteiger partial charge in [-0.15, -0.1) is 0 Å². The molecule has 2 heterocycles. The van der Waals surface area contributed by atoms with E-state index in [9.17, 15) is 0 Å². The van der Waals surface area contributed by atoms with Crippen LogP contribution in [0.3, 0.4) is 0 Å². The highest BCUT2D eigenvalue weighted by Crippen LogP contribution is 2.25. The van der Waals surface area contributed by atoms with E-state index < -0.39 is 0 Å². The Hall–Kier alpha value is -0.670. The van der Waals surface area contributed by atoms with Crippen LogP contribution in [-0.4, -0.2) is 28.0 Å². The van der Waals surface area contributed by atoms with Crippen molar-refractivity contribution in [3.63, 3.8) is 0 Å². The number of halogens is 1. The first kappa shape index (κ1) is 14.7. The van der Waals surface area contributed by atoms with Crippen molar-refractivity contribution in [1.82, 2.24) is 14.9 Å². The van der Waals surface area contributed by atoms with Crippen LogP contribution >= 0.6 is 11.6 Å². The van der Waals surface area contributed by atoms with Crippen LogP contribution in [0.15, 0.2) is 6.07 Å². The molecule has 2 rings (SSSR count). The highest BCUT2D eigenvalue weighted by Gasteiger charge is 2.20. The van der Waals surface area contributed by atoms with Gasteiger partial charge in [0.25, 0.3) is 0 Å². The smallest absolute Gasteiger partial charge is 0.144 e. The molecule has 3 nitrogen and oxygen atoms in total. The molecule has 0 saturated carbocycles. The summed E-state index contributed by atoms with van der Waals surface area (Å²) in [6.07, 6.45) is 3.92. The standard InChI is InChI=1S/C15H24ClN3/c1-11(2)13-5-4-7-19(8-6-13)10-15-17-12(3)9-14(16)18-15/h9,11,13H,4-8,10H2,1-3H3. The maximum atomic E-state index is 6.00. The van der Waals surface area contributed by atoms with E-state index in [0.717, 1.165) is 43.0 Å². The van der Waals surface area contributed by atoms with Crippen LogP contribution in [0, 0.1) is 18.8 Å². The van der Waals surface area contributed by atoms with Gasteiger partial charge in [-0.1, -0.05) is 25.4 Å². The number of nitrogens with zero attached hydrogens (tertiary/aromatic N) is 3. The third kappa shape index (κ3) is 4.43. The fraction of sp³-hybridized carbons (Fsp3) is 0.733. The SMILES string of the molecule is Cc1cc(Cl)nc(CN2CCCC(C(C)C)CC2)n1. The molecule has 1 atom stereocenters. The van der Waals surface area contributed by atoms with Gasteiger partial charge in [-0.2, -0.15) is 0 Å². The minimum Gasteiger partial charge on any atom is -0.296 e. The summed E-state index contributed by atoms with van der Waals surface area (Å²) in [5.74, 6) is 2.52. The van der Waals surface area contributed by atoms with Gasteiger partial charge in [-0.25, -0.2) is 9.97 Å². The van der Waals surface area contributed by atoms with Gasteiger partial charge in [0.2, 0.25) is 0 Å². The first-order chi connectivity index (χ1) is 9.04. The number of hydrogen-bond acceptors (Lipinski definition) is 3. The van der Waals surface area contributed by atoms with Crippen LogP contribution in [-0.2, 0) is 6.54 Å². The molecule has 0 spiro atoms. The molecule has 1 aromatic rings. The quantitative estimate of drug-likeness (QED) is 0.791. The van der Waals surface area contributed by atoms with Crippen LogP contribution in [0.4, 0.5) is 0 Å². The van der Waals surface area contributed by atoms with Crippen LogP contribution in [0.2, 0.25) is 5.15 Å². The van der Waals surface area contributed by atoms with Gasteiger partial charge in [0.1, 0.15) is 11.0 Å². The van der Waals surface area contributed by atoms with E-state index in [-0.39, 0.29) is 0 Å². The van der Waals surface area contributed by atoms with Crippen LogP contribution in [0.1, 0.15) is 44.6 Å². The molecule has 106 valence electrons. The molecule has 1 aromatic heterocycles. The summed E-state index contributed by atoms with van der Waals surface area (Å²) in [6, 6.07) is 1.81. The van der Waals surface area contributed by atoms with E-state index in [0.29, 0.717) is 5.15 Å². The highest BCUT2D eigenvalue weighted by molar-refractivity contribution is 6.29. The summed E-state index contributed by atoms with van der Waals surface area (Å²) in [6.45, 7) is 9.77. The van der Waals surface area contributed by atoms with Crippen molar-refractivity contribution in [3.8, 4) is 0 Å². The number of rotatable bonds is 3. The zero-order chi connectivity index (χ0) is 13.8. The van der Waals surface area contributed by atoms with Crippen molar-refractivity contribution in [2.75, 3.05) is 13.1 Å². The molecule has 0 N–H and O–H groups in total. The van der Waals surface area contributed by atoms with E-state index >= 15 is 0 Å². The minimum atomic E-state index is 0.553. The Balaban J connectivity index is 1.95. The van der Waals surface area contributed by atoms with E-state index in [1.165, 1.54) is 19.3 Å². The normalized spacial score (nSPS) is 21.6.